The van der Waals surface area contributed by atoms with Gasteiger partial charge in [-0.15, -0.1) is 0 Å². The van der Waals surface area contributed by atoms with Gasteiger partial charge in [-0.25, -0.2) is 4.79 Å². The van der Waals surface area contributed by atoms with E-state index in [2.05, 4.69) is 5.32 Å². The highest BCUT2D eigenvalue weighted by atomic mass is 16.5. The number of ether oxygens (including phenoxy) is 2. The van der Waals surface area contributed by atoms with Crippen molar-refractivity contribution in [2.45, 2.75) is 6.42 Å². The van der Waals surface area contributed by atoms with Crippen molar-refractivity contribution in [3.8, 4) is 11.5 Å². The zero-order chi connectivity index (χ0) is 15.1. The van der Waals surface area contributed by atoms with E-state index in [9.17, 15) is 9.59 Å². The van der Waals surface area contributed by atoms with Crippen molar-refractivity contribution in [2.75, 3.05) is 33.1 Å². The second-order valence-corrected chi connectivity index (χ2v) is 4.06. The number of nitrogens with one attached hydrogen (secondary N) is 1. The zero-order valence-electron chi connectivity index (χ0n) is 11.7. The van der Waals surface area contributed by atoms with E-state index in [-0.39, 0.29) is 13.0 Å². The molecule has 0 saturated heterocycles. The minimum Gasteiger partial charge on any atom is -0.497 e. The monoisotopic (exact) mass is 282 g/mol. The number of anilines is 1. The van der Waals surface area contributed by atoms with Gasteiger partial charge in [-0.3, -0.25) is 4.79 Å². The molecule has 0 bridgehead atoms. The van der Waals surface area contributed by atoms with Crippen LogP contribution in [0.5, 0.6) is 11.5 Å². The number of rotatable bonds is 6. The zero-order valence-corrected chi connectivity index (χ0v) is 11.7. The number of amides is 2. The van der Waals surface area contributed by atoms with Gasteiger partial charge in [0, 0.05) is 19.7 Å². The summed E-state index contributed by atoms with van der Waals surface area (Å²) in [4.78, 5) is 23.7. The van der Waals surface area contributed by atoms with Crippen LogP contribution in [0.15, 0.2) is 18.2 Å². The molecule has 0 radical (unpaired) electrons. The van der Waals surface area contributed by atoms with Gasteiger partial charge in [0.15, 0.2) is 0 Å². The van der Waals surface area contributed by atoms with Gasteiger partial charge in [0.1, 0.15) is 11.5 Å². The number of benzene rings is 1. The maximum absolute atomic E-state index is 11.9. The largest absolute Gasteiger partial charge is 0.497 e. The number of carboxylic acids is 1. The molecule has 0 heterocycles. The number of carboxylic acid groups (broad SMARTS) is 1. The predicted molar refractivity (Wildman–Crippen MR) is 73.4 cm³/mol. The van der Waals surface area contributed by atoms with Crippen LogP contribution in [-0.4, -0.2) is 49.8 Å². The molecule has 0 saturated carbocycles. The standard InChI is InChI=1S/C13H18N2O5/c1-15(7-6-12(16)17)13(18)14-10-8-9(19-2)4-5-11(10)20-3/h4-5,8H,6-7H2,1-3H3,(H,14,18)(H,16,17). The summed E-state index contributed by atoms with van der Waals surface area (Å²) in [7, 11) is 4.53. The van der Waals surface area contributed by atoms with E-state index in [0.29, 0.717) is 17.2 Å². The van der Waals surface area contributed by atoms with Crippen LogP contribution < -0.4 is 14.8 Å². The maximum Gasteiger partial charge on any atom is 0.321 e. The fourth-order valence-corrected chi connectivity index (χ4v) is 1.49. The first-order valence-corrected chi connectivity index (χ1v) is 5.94. The van der Waals surface area contributed by atoms with Crippen molar-refractivity contribution >= 4 is 17.7 Å². The Balaban J connectivity index is 2.75. The van der Waals surface area contributed by atoms with Gasteiger partial charge in [0.25, 0.3) is 0 Å². The number of aliphatic carboxylic acids is 1. The van der Waals surface area contributed by atoms with Crippen molar-refractivity contribution in [1.82, 2.24) is 4.90 Å². The number of methoxy groups -OCH3 is 2. The Morgan fingerprint density at radius 3 is 2.55 bits per heavy atom. The van der Waals surface area contributed by atoms with E-state index in [1.54, 1.807) is 18.2 Å². The third-order valence-electron chi connectivity index (χ3n) is 2.66. The van der Waals surface area contributed by atoms with Crippen LogP contribution in [0.4, 0.5) is 10.5 Å². The van der Waals surface area contributed by atoms with E-state index in [4.69, 9.17) is 14.6 Å². The Kier molecular flexibility index (Phi) is 5.64. The smallest absolute Gasteiger partial charge is 0.321 e. The summed E-state index contributed by atoms with van der Waals surface area (Å²) in [6, 6.07) is 4.59. The average Bonchev–Trinajstić information content (AvgIpc) is 2.44. The molecular formula is C13H18N2O5. The van der Waals surface area contributed by atoms with E-state index in [0.717, 1.165) is 0 Å². The molecule has 1 aromatic rings. The lowest BCUT2D eigenvalue weighted by Gasteiger charge is -2.18. The number of carbonyl (C=O) groups excluding carboxylic acids is 1. The first-order valence-electron chi connectivity index (χ1n) is 5.94. The maximum atomic E-state index is 11.9. The molecule has 7 heteroatoms. The van der Waals surface area contributed by atoms with Crippen LogP contribution in [-0.2, 0) is 4.79 Å². The summed E-state index contributed by atoms with van der Waals surface area (Å²) >= 11 is 0. The van der Waals surface area contributed by atoms with Crippen molar-refractivity contribution in [3.05, 3.63) is 18.2 Å². The van der Waals surface area contributed by atoms with Crippen molar-refractivity contribution in [3.63, 3.8) is 0 Å². The molecule has 7 nitrogen and oxygen atoms in total. The molecule has 0 aliphatic rings. The van der Waals surface area contributed by atoms with E-state index < -0.39 is 12.0 Å². The normalized spacial score (nSPS) is 9.75. The Hall–Kier alpha value is -2.44. The number of carbonyl (C=O) groups is 2. The van der Waals surface area contributed by atoms with Crippen LogP contribution >= 0.6 is 0 Å². The SMILES string of the molecule is COc1ccc(OC)c(NC(=O)N(C)CCC(=O)O)c1. The molecule has 20 heavy (non-hydrogen) atoms. The molecule has 1 rings (SSSR count). The van der Waals surface area contributed by atoms with Gasteiger partial charge in [0.2, 0.25) is 0 Å². The molecule has 0 fully saturated rings. The van der Waals surface area contributed by atoms with Crippen LogP contribution in [0.1, 0.15) is 6.42 Å². The molecule has 2 N–H and O–H groups in total. The lowest BCUT2D eigenvalue weighted by molar-refractivity contribution is -0.137. The molecule has 0 aliphatic carbocycles. The van der Waals surface area contributed by atoms with E-state index in [1.165, 1.54) is 26.2 Å². The fraction of sp³-hybridized carbons (Fsp3) is 0.385. The third kappa shape index (κ3) is 4.34. The van der Waals surface area contributed by atoms with Gasteiger partial charge in [-0.1, -0.05) is 0 Å². The quantitative estimate of drug-likeness (QED) is 0.828. The highest BCUT2D eigenvalue weighted by Crippen LogP contribution is 2.28. The van der Waals surface area contributed by atoms with Crippen molar-refractivity contribution in [1.29, 1.82) is 0 Å². The number of urea groups is 1. The van der Waals surface area contributed by atoms with Crippen molar-refractivity contribution in [2.24, 2.45) is 0 Å². The van der Waals surface area contributed by atoms with Crippen LogP contribution in [0, 0.1) is 0 Å². The number of hydrogen-bond acceptors (Lipinski definition) is 4. The summed E-state index contributed by atoms with van der Waals surface area (Å²) in [5, 5.41) is 11.2. The molecule has 0 aromatic heterocycles. The van der Waals surface area contributed by atoms with Crippen LogP contribution in [0.25, 0.3) is 0 Å². The molecule has 1 aromatic carbocycles. The lowest BCUT2D eigenvalue weighted by Crippen LogP contribution is -2.33. The minimum atomic E-state index is -0.955. The molecule has 0 spiro atoms. The molecule has 0 aliphatic heterocycles. The summed E-state index contributed by atoms with van der Waals surface area (Å²) in [5.74, 6) is 0.115. The van der Waals surface area contributed by atoms with Gasteiger partial charge in [-0.05, 0) is 12.1 Å². The predicted octanol–water partition coefficient (Wildman–Crippen LogP) is 1.64. The molecule has 0 unspecified atom stereocenters. The highest BCUT2D eigenvalue weighted by Gasteiger charge is 2.13. The molecule has 110 valence electrons. The van der Waals surface area contributed by atoms with Gasteiger partial charge >= 0.3 is 12.0 Å². The number of hydrogen-bond donors (Lipinski definition) is 2. The minimum absolute atomic E-state index is 0.112. The van der Waals surface area contributed by atoms with E-state index in [1.807, 2.05) is 0 Å². The van der Waals surface area contributed by atoms with Gasteiger partial charge < -0.3 is 24.8 Å². The van der Waals surface area contributed by atoms with Crippen molar-refractivity contribution < 1.29 is 24.2 Å². The number of nitrogens with zero attached hydrogens (tertiary/aromatic N) is 1. The molecule has 2 amide bonds. The first-order chi connectivity index (χ1) is 9.47. The second kappa shape index (κ2) is 7.22. The van der Waals surface area contributed by atoms with Crippen LogP contribution in [0.3, 0.4) is 0 Å². The Morgan fingerprint density at radius 2 is 2.00 bits per heavy atom. The summed E-state index contributed by atoms with van der Waals surface area (Å²) in [6.07, 6.45) is -0.112. The van der Waals surface area contributed by atoms with Crippen LogP contribution in [0.2, 0.25) is 0 Å². The average molecular weight is 282 g/mol. The molecular weight excluding hydrogens is 264 g/mol. The summed E-state index contributed by atoms with van der Waals surface area (Å²) in [6.45, 7) is 0.119. The van der Waals surface area contributed by atoms with Gasteiger partial charge in [0.05, 0.1) is 26.3 Å². The Bertz CT molecular complexity index is 490. The Morgan fingerprint density at radius 1 is 1.30 bits per heavy atom. The third-order valence-corrected chi connectivity index (χ3v) is 2.66. The highest BCUT2D eigenvalue weighted by molar-refractivity contribution is 5.91. The van der Waals surface area contributed by atoms with Gasteiger partial charge in [-0.2, -0.15) is 0 Å². The summed E-state index contributed by atoms with van der Waals surface area (Å²) in [5.41, 5.74) is 0.457. The molecule has 0 atom stereocenters. The first kappa shape index (κ1) is 15.6. The summed E-state index contributed by atoms with van der Waals surface area (Å²) < 4.78 is 10.2. The topological polar surface area (TPSA) is 88.1 Å². The second-order valence-electron chi connectivity index (χ2n) is 4.06. The van der Waals surface area contributed by atoms with E-state index >= 15 is 0 Å². The Labute approximate surface area is 117 Å². The lowest BCUT2D eigenvalue weighted by atomic mass is 10.2. The fourth-order valence-electron chi connectivity index (χ4n) is 1.49.